The fraction of sp³-hybridized carbons (Fsp3) is 0.432. The number of hydrogen-bond donors (Lipinski definition) is 1. The molecule has 1 aliphatic rings. The highest BCUT2D eigenvalue weighted by atomic mass is 16.5. The zero-order valence-electron chi connectivity index (χ0n) is 36.4. The molecule has 0 aliphatic carbocycles. The van der Waals surface area contributed by atoms with Crippen LogP contribution in [0.25, 0.3) is 22.1 Å². The molecule has 6 aromatic rings. The van der Waals surface area contributed by atoms with Crippen molar-refractivity contribution in [3.05, 3.63) is 99.3 Å². The highest BCUT2D eigenvalue weighted by Gasteiger charge is 2.21. The number of rotatable bonds is 14. The van der Waals surface area contributed by atoms with E-state index in [-0.39, 0.29) is 0 Å². The van der Waals surface area contributed by atoms with Crippen molar-refractivity contribution in [1.82, 2.24) is 42.7 Å². The van der Waals surface area contributed by atoms with Crippen LogP contribution in [0, 0.1) is 13.8 Å². The van der Waals surface area contributed by atoms with Gasteiger partial charge in [0.2, 0.25) is 17.1 Å². The molecule has 61 heavy (non-hydrogen) atoms. The number of benzene rings is 2. The summed E-state index contributed by atoms with van der Waals surface area (Å²) in [5.74, 6) is -0.695. The molecule has 2 N–H and O–H groups in total. The third-order valence-corrected chi connectivity index (χ3v) is 11.3. The number of morpholine rings is 1. The van der Waals surface area contributed by atoms with E-state index in [0.29, 0.717) is 72.2 Å². The third kappa shape index (κ3) is 8.79. The lowest BCUT2D eigenvalue weighted by atomic mass is 10.1. The minimum absolute atomic E-state index is 0.343. The van der Waals surface area contributed by atoms with Crippen LogP contribution >= 0.6 is 0 Å². The van der Waals surface area contributed by atoms with Crippen LogP contribution in [0.5, 0.6) is 5.75 Å². The van der Waals surface area contributed by atoms with E-state index in [2.05, 4.69) is 27.0 Å². The van der Waals surface area contributed by atoms with Gasteiger partial charge in [-0.2, -0.15) is 20.2 Å². The molecule has 322 valence electrons. The summed E-state index contributed by atoms with van der Waals surface area (Å²) in [7, 11) is 3.72. The van der Waals surface area contributed by atoms with E-state index in [1.165, 1.54) is 0 Å². The van der Waals surface area contributed by atoms with Gasteiger partial charge in [0, 0.05) is 65.5 Å². The Hall–Kier alpha value is -6.33. The van der Waals surface area contributed by atoms with Crippen molar-refractivity contribution >= 4 is 39.8 Å². The van der Waals surface area contributed by atoms with Crippen molar-refractivity contribution < 1.29 is 23.9 Å². The molecule has 4 aromatic heterocycles. The Morgan fingerprint density at radius 2 is 1.34 bits per heavy atom. The van der Waals surface area contributed by atoms with Gasteiger partial charge in [0.15, 0.2) is 0 Å². The van der Waals surface area contributed by atoms with Gasteiger partial charge in [0.05, 0.1) is 47.8 Å². The van der Waals surface area contributed by atoms with Crippen LogP contribution in [0.2, 0.25) is 0 Å². The van der Waals surface area contributed by atoms with Crippen LogP contribution in [0.4, 0.5) is 0 Å². The number of amides is 3. The van der Waals surface area contributed by atoms with Crippen molar-refractivity contribution in [2.45, 2.75) is 74.1 Å². The van der Waals surface area contributed by atoms with Gasteiger partial charge in [0.25, 0.3) is 11.8 Å². The molecule has 0 bridgehead atoms. The second-order valence-electron chi connectivity index (χ2n) is 15.6. The first-order valence-corrected chi connectivity index (χ1v) is 20.8. The van der Waals surface area contributed by atoms with Gasteiger partial charge in [-0.05, 0) is 90.4 Å². The number of para-hydroxylation sites is 1. The molecule has 1 saturated heterocycles. The number of carbonyl (C=O) groups is 3. The first-order chi connectivity index (χ1) is 29.3. The quantitative estimate of drug-likeness (QED) is 0.126. The minimum Gasteiger partial charge on any atom is -0.491 e. The molecule has 2 aromatic carbocycles. The van der Waals surface area contributed by atoms with Gasteiger partial charge < -0.3 is 33.5 Å². The summed E-state index contributed by atoms with van der Waals surface area (Å²) >= 11 is 0. The number of primary amides is 1. The molecule has 1 fully saturated rings. The molecule has 17 nitrogen and oxygen atoms in total. The van der Waals surface area contributed by atoms with E-state index in [0.717, 1.165) is 78.4 Å². The number of aryl methyl sites for hydroxylation is 6. The highest BCUT2D eigenvalue weighted by molar-refractivity contribution is 5.97. The van der Waals surface area contributed by atoms with Crippen molar-refractivity contribution in [2.24, 2.45) is 29.8 Å². The Balaban J connectivity index is 1.32. The molecule has 5 heterocycles. The van der Waals surface area contributed by atoms with Crippen LogP contribution in [0.1, 0.15) is 76.8 Å². The highest BCUT2D eigenvalue weighted by Crippen LogP contribution is 2.27. The van der Waals surface area contributed by atoms with E-state index < -0.39 is 17.7 Å². The molecule has 7 rings (SSSR count). The lowest BCUT2D eigenvalue weighted by Gasteiger charge is -2.26. The zero-order chi connectivity index (χ0) is 43.5. The summed E-state index contributed by atoms with van der Waals surface area (Å²) in [6.07, 6.45) is 0.844. The van der Waals surface area contributed by atoms with Gasteiger partial charge in [-0.3, -0.25) is 28.6 Å². The molecule has 0 saturated carbocycles. The molecule has 0 spiro atoms. The van der Waals surface area contributed by atoms with E-state index in [9.17, 15) is 14.4 Å². The number of aromatic nitrogens is 8. The Morgan fingerprint density at radius 3 is 1.93 bits per heavy atom. The number of imidazole rings is 2. The summed E-state index contributed by atoms with van der Waals surface area (Å²) in [5, 5.41) is 8.95. The molecule has 1 aliphatic heterocycles. The normalized spacial score (nSPS) is 14.7. The van der Waals surface area contributed by atoms with Gasteiger partial charge in [-0.15, -0.1) is 0 Å². The molecule has 17 heteroatoms. The number of nitrogens with zero attached hydrogens (tertiary/aromatic N) is 11. The number of hydrogen-bond acceptors (Lipinski definition) is 8. The van der Waals surface area contributed by atoms with E-state index >= 15 is 0 Å². The zero-order valence-corrected chi connectivity index (χ0v) is 36.4. The maximum Gasteiger partial charge on any atom is 0.298 e. The number of nitrogens with two attached hydrogens (primary N) is 1. The number of ether oxygens (including phenoxy) is 2. The van der Waals surface area contributed by atoms with Crippen molar-refractivity contribution in [3.63, 3.8) is 0 Å². The molecule has 0 atom stereocenters. The summed E-state index contributed by atoms with van der Waals surface area (Å²) < 4.78 is 23.1. The minimum atomic E-state index is -0.556. The van der Waals surface area contributed by atoms with Crippen LogP contribution in [-0.2, 0) is 45.0 Å². The molecular weight excluding hydrogens is 777 g/mol. The number of fused-ring (bicyclic) bond motifs is 2. The van der Waals surface area contributed by atoms with Gasteiger partial charge in [-0.1, -0.05) is 17.2 Å². The third-order valence-electron chi connectivity index (χ3n) is 11.3. The molecular formula is C44H56N12O5. The second kappa shape index (κ2) is 18.1. The summed E-state index contributed by atoms with van der Waals surface area (Å²) in [6.45, 7) is 18.2. The van der Waals surface area contributed by atoms with Gasteiger partial charge in [0.1, 0.15) is 22.7 Å². The first-order valence-electron chi connectivity index (χ1n) is 20.8. The lowest BCUT2D eigenvalue weighted by molar-refractivity contribution is 0.0358. The van der Waals surface area contributed by atoms with Crippen molar-refractivity contribution in [3.8, 4) is 5.75 Å². The maximum absolute atomic E-state index is 14.0. The lowest BCUT2D eigenvalue weighted by Crippen LogP contribution is -2.37. The fourth-order valence-corrected chi connectivity index (χ4v) is 7.96. The predicted octanol–water partition coefficient (Wildman–Crippen LogP) is 4.04. The number of allylic oxidation sites excluding steroid dienone is 2. The van der Waals surface area contributed by atoms with Crippen LogP contribution in [-0.4, -0.2) is 99.9 Å². The fourth-order valence-electron chi connectivity index (χ4n) is 7.96. The Kier molecular flexibility index (Phi) is 12.7. The summed E-state index contributed by atoms with van der Waals surface area (Å²) in [6, 6.07) is 14.6. The monoisotopic (exact) mass is 832 g/mol. The Labute approximate surface area is 354 Å². The average molecular weight is 833 g/mol. The van der Waals surface area contributed by atoms with E-state index in [1.807, 2.05) is 86.7 Å². The molecule has 3 amide bonds. The number of carbonyl (C=O) groups excluding carboxylic acids is 3. The van der Waals surface area contributed by atoms with Gasteiger partial charge >= 0.3 is 0 Å². The largest absolute Gasteiger partial charge is 0.491 e. The van der Waals surface area contributed by atoms with Crippen LogP contribution in [0.3, 0.4) is 0 Å². The summed E-state index contributed by atoms with van der Waals surface area (Å²) in [4.78, 5) is 51.9. The smallest absolute Gasteiger partial charge is 0.298 e. The molecule has 0 unspecified atom stereocenters. The summed E-state index contributed by atoms with van der Waals surface area (Å²) in [5.41, 5.74) is 14.2. The van der Waals surface area contributed by atoms with Crippen molar-refractivity contribution in [1.29, 1.82) is 0 Å². The Morgan fingerprint density at radius 1 is 0.770 bits per heavy atom. The van der Waals surface area contributed by atoms with E-state index in [1.54, 1.807) is 38.2 Å². The molecule has 0 radical (unpaired) electrons. The van der Waals surface area contributed by atoms with Crippen LogP contribution in [0.15, 0.2) is 69.7 Å². The topological polar surface area (TPSA) is 179 Å². The Bertz CT molecular complexity index is 2820. The standard InChI is InChI=1S/C44H56N12O5/c1-9-55-36(23-30(5)48-55)41(58)46-43-51(8)35-25-32(40(45)57)15-16-33(35)53(43)26-28(3)29(4)27-54-39-34(13-11-14-38(39)61-20-12-17-52-18-21-60-22-19-52)50(7)44(54)47-42(59)37-24-31(6)49-56(37)10-2/h11,13-16,23-25H,9-10,12,17-22,26-27H2,1-8H3,(H2,45,57)/b29-28+,46-43+,47-44+. The predicted molar refractivity (Wildman–Crippen MR) is 231 cm³/mol. The maximum atomic E-state index is 14.0. The average Bonchev–Trinajstić information content (AvgIpc) is 3.98. The first kappa shape index (κ1) is 42.8. The van der Waals surface area contributed by atoms with E-state index in [4.69, 9.17) is 20.2 Å². The van der Waals surface area contributed by atoms with Gasteiger partial charge in [-0.25, -0.2) is 0 Å². The SMILES string of the molecule is CCn1nc(C)cc1C(=O)/N=c1\n(C)c2cc(C(N)=O)ccc2n1C/C(C)=C(\C)Cn1/c(=N/C(=O)c2cc(C)nn2CC)n(C)c2cccc(OCCCN3CCOCC3)c21. The second-order valence-corrected chi connectivity index (χ2v) is 15.6. The van der Waals surface area contributed by atoms with Crippen LogP contribution < -0.4 is 21.7 Å². The van der Waals surface area contributed by atoms with Crippen molar-refractivity contribution in [2.75, 3.05) is 39.5 Å².